The van der Waals surface area contributed by atoms with E-state index in [0.29, 0.717) is 18.8 Å². The highest BCUT2D eigenvalue weighted by atomic mass is 32.1. The van der Waals surface area contributed by atoms with E-state index >= 15 is 0 Å². The highest BCUT2D eigenvalue weighted by Gasteiger charge is 2.25. The monoisotopic (exact) mass is 296 g/mol. The molecule has 1 aromatic heterocycles. The number of carboxylic acid groups (broad SMARTS) is 1. The van der Waals surface area contributed by atoms with Gasteiger partial charge < -0.3 is 15.3 Å². The van der Waals surface area contributed by atoms with Crippen LogP contribution in [0, 0.1) is 5.82 Å². The normalized spacial score (nSPS) is 18.2. The molecule has 1 amide bonds. The minimum Gasteiger partial charge on any atom is -0.465 e. The van der Waals surface area contributed by atoms with Crippen LogP contribution >= 0.6 is 12.2 Å². The van der Waals surface area contributed by atoms with Gasteiger partial charge in [0.2, 0.25) is 0 Å². The van der Waals surface area contributed by atoms with E-state index in [-0.39, 0.29) is 11.7 Å². The van der Waals surface area contributed by atoms with Gasteiger partial charge >= 0.3 is 6.09 Å². The van der Waals surface area contributed by atoms with E-state index in [1.54, 1.807) is 4.90 Å². The smallest absolute Gasteiger partial charge is 0.404 e. The minimum atomic E-state index is -1.08. The zero-order chi connectivity index (χ0) is 14.5. The number of halogens is 1. The molecule has 106 valence electrons. The SMILES string of the molecule is O=C(O)NC1CCCN(c2c(F)cncc2N=C=S)C1. The number of amides is 1. The van der Waals surface area contributed by atoms with Gasteiger partial charge in [0.1, 0.15) is 11.4 Å². The van der Waals surface area contributed by atoms with Crippen LogP contribution in [0.3, 0.4) is 0 Å². The van der Waals surface area contributed by atoms with Gasteiger partial charge in [0.15, 0.2) is 5.82 Å². The van der Waals surface area contributed by atoms with Gasteiger partial charge in [-0.25, -0.2) is 9.18 Å². The van der Waals surface area contributed by atoms with Crippen molar-refractivity contribution in [3.8, 4) is 0 Å². The quantitative estimate of drug-likeness (QED) is 0.660. The van der Waals surface area contributed by atoms with Crippen LogP contribution in [0.2, 0.25) is 0 Å². The molecule has 1 fully saturated rings. The van der Waals surface area contributed by atoms with Crippen molar-refractivity contribution in [3.05, 3.63) is 18.2 Å². The van der Waals surface area contributed by atoms with Crippen LogP contribution in [0.1, 0.15) is 12.8 Å². The summed E-state index contributed by atoms with van der Waals surface area (Å²) < 4.78 is 14.0. The lowest BCUT2D eigenvalue weighted by atomic mass is 10.0. The van der Waals surface area contributed by atoms with Crippen molar-refractivity contribution in [2.24, 2.45) is 4.99 Å². The largest absolute Gasteiger partial charge is 0.465 e. The van der Waals surface area contributed by atoms with Gasteiger partial charge in [0.05, 0.1) is 17.6 Å². The summed E-state index contributed by atoms with van der Waals surface area (Å²) in [5.41, 5.74) is 0.588. The Balaban J connectivity index is 2.26. The molecule has 0 aliphatic carbocycles. The first-order valence-corrected chi connectivity index (χ1v) is 6.48. The van der Waals surface area contributed by atoms with Gasteiger partial charge in [0, 0.05) is 19.1 Å². The van der Waals surface area contributed by atoms with Crippen LogP contribution in [0.4, 0.5) is 20.6 Å². The van der Waals surface area contributed by atoms with E-state index in [4.69, 9.17) is 5.11 Å². The number of hydrogen-bond donors (Lipinski definition) is 2. The summed E-state index contributed by atoms with van der Waals surface area (Å²) in [6, 6.07) is -0.238. The highest BCUT2D eigenvalue weighted by molar-refractivity contribution is 7.78. The van der Waals surface area contributed by atoms with E-state index in [1.165, 1.54) is 6.20 Å². The zero-order valence-corrected chi connectivity index (χ0v) is 11.4. The third-order valence-electron chi connectivity index (χ3n) is 3.08. The van der Waals surface area contributed by atoms with Crippen LogP contribution < -0.4 is 10.2 Å². The van der Waals surface area contributed by atoms with E-state index in [1.807, 2.05) is 0 Å². The van der Waals surface area contributed by atoms with Crippen molar-refractivity contribution in [3.63, 3.8) is 0 Å². The topological polar surface area (TPSA) is 77.8 Å². The number of aromatic nitrogens is 1. The Morgan fingerprint density at radius 3 is 3.15 bits per heavy atom. The summed E-state index contributed by atoms with van der Waals surface area (Å²) in [7, 11) is 0. The number of piperidine rings is 1. The molecule has 0 bridgehead atoms. The molecule has 2 heterocycles. The second-order valence-corrected chi connectivity index (χ2v) is 4.61. The zero-order valence-electron chi connectivity index (χ0n) is 10.5. The van der Waals surface area contributed by atoms with Crippen LogP contribution in [0.5, 0.6) is 0 Å². The second-order valence-electron chi connectivity index (χ2n) is 4.43. The molecule has 0 saturated carbocycles. The first-order chi connectivity index (χ1) is 9.61. The lowest BCUT2D eigenvalue weighted by molar-refractivity contribution is 0.188. The fourth-order valence-corrected chi connectivity index (χ4v) is 2.43. The van der Waals surface area contributed by atoms with Gasteiger partial charge in [-0.3, -0.25) is 4.98 Å². The Hall–Kier alpha value is -2.05. The average Bonchev–Trinajstić information content (AvgIpc) is 2.38. The number of thiocarbonyl (C=S) groups is 1. The van der Waals surface area contributed by atoms with Crippen LogP contribution in [0.15, 0.2) is 17.4 Å². The molecule has 1 aliphatic rings. The van der Waals surface area contributed by atoms with Gasteiger partial charge in [-0.1, -0.05) is 0 Å². The molecular formula is C12H13FN4O2S. The van der Waals surface area contributed by atoms with E-state index < -0.39 is 11.9 Å². The molecule has 1 saturated heterocycles. The molecule has 0 radical (unpaired) electrons. The maximum Gasteiger partial charge on any atom is 0.404 e. The van der Waals surface area contributed by atoms with Crippen LogP contribution in [-0.4, -0.2) is 40.5 Å². The summed E-state index contributed by atoms with van der Waals surface area (Å²) in [4.78, 5) is 20.0. The fraction of sp³-hybridized carbons (Fsp3) is 0.417. The van der Waals surface area contributed by atoms with Crippen molar-refractivity contribution >= 4 is 34.8 Å². The standard InChI is InChI=1S/C12H13FN4O2S/c13-9-4-14-5-10(15-7-20)11(9)17-3-1-2-8(6-17)16-12(18)19/h4-5,8,16H,1-3,6H2,(H,18,19). The number of pyridine rings is 1. The van der Waals surface area contributed by atoms with E-state index in [9.17, 15) is 9.18 Å². The number of rotatable bonds is 3. The third-order valence-corrected chi connectivity index (χ3v) is 3.18. The van der Waals surface area contributed by atoms with Crippen molar-refractivity contribution in [1.29, 1.82) is 0 Å². The van der Waals surface area contributed by atoms with Gasteiger partial charge in [-0.15, -0.1) is 0 Å². The molecule has 8 heteroatoms. The Kier molecular flexibility index (Phi) is 4.60. The Labute approximate surface area is 120 Å². The summed E-state index contributed by atoms with van der Waals surface area (Å²) in [5.74, 6) is -0.507. The molecule has 6 nitrogen and oxygen atoms in total. The first kappa shape index (κ1) is 14.4. The van der Waals surface area contributed by atoms with E-state index in [2.05, 4.69) is 32.7 Å². The number of nitrogens with zero attached hydrogens (tertiary/aromatic N) is 3. The number of carbonyl (C=O) groups is 1. The van der Waals surface area contributed by atoms with Crippen LogP contribution in [0.25, 0.3) is 0 Å². The lowest BCUT2D eigenvalue weighted by Crippen LogP contribution is -2.47. The molecule has 1 atom stereocenters. The van der Waals surface area contributed by atoms with Gasteiger partial charge in [0.25, 0.3) is 0 Å². The molecule has 0 spiro atoms. The number of aliphatic imine (C=N–C) groups is 1. The summed E-state index contributed by atoms with van der Waals surface area (Å²) in [6.45, 7) is 1.01. The third kappa shape index (κ3) is 3.28. The first-order valence-electron chi connectivity index (χ1n) is 6.07. The molecule has 1 aromatic rings. The summed E-state index contributed by atoms with van der Waals surface area (Å²) in [5, 5.41) is 13.4. The van der Waals surface area contributed by atoms with Crippen molar-refractivity contribution in [2.75, 3.05) is 18.0 Å². The van der Waals surface area contributed by atoms with Crippen LogP contribution in [-0.2, 0) is 0 Å². The fourth-order valence-electron chi connectivity index (χ4n) is 2.33. The van der Waals surface area contributed by atoms with Gasteiger partial charge in [-0.2, -0.15) is 4.99 Å². The molecule has 0 aromatic carbocycles. The maximum absolute atomic E-state index is 14.0. The predicted octanol–water partition coefficient (Wildman–Crippen LogP) is 2.19. The summed E-state index contributed by atoms with van der Waals surface area (Å²) >= 11 is 4.54. The molecule has 1 unspecified atom stereocenters. The number of hydrogen-bond acceptors (Lipinski definition) is 5. The second kappa shape index (κ2) is 6.40. The summed E-state index contributed by atoms with van der Waals surface area (Å²) in [6.07, 6.45) is 2.91. The van der Waals surface area contributed by atoms with Gasteiger partial charge in [-0.05, 0) is 25.1 Å². The Bertz CT molecular complexity index is 562. The lowest BCUT2D eigenvalue weighted by Gasteiger charge is -2.34. The number of nitrogens with one attached hydrogen (secondary N) is 1. The van der Waals surface area contributed by atoms with Crippen molar-refractivity contribution in [1.82, 2.24) is 10.3 Å². The Morgan fingerprint density at radius 1 is 1.65 bits per heavy atom. The number of anilines is 1. The molecule has 2 rings (SSSR count). The van der Waals surface area contributed by atoms with Crippen molar-refractivity contribution < 1.29 is 14.3 Å². The average molecular weight is 296 g/mol. The highest BCUT2D eigenvalue weighted by Crippen LogP contribution is 2.32. The minimum absolute atomic E-state index is 0.238. The molecule has 1 aliphatic heterocycles. The molecule has 20 heavy (non-hydrogen) atoms. The Morgan fingerprint density at radius 2 is 2.45 bits per heavy atom. The van der Waals surface area contributed by atoms with Crippen molar-refractivity contribution in [2.45, 2.75) is 18.9 Å². The predicted molar refractivity (Wildman–Crippen MR) is 75.3 cm³/mol. The number of isothiocyanates is 1. The molecular weight excluding hydrogens is 283 g/mol. The maximum atomic E-state index is 14.0. The van der Waals surface area contributed by atoms with E-state index in [0.717, 1.165) is 19.0 Å². The molecule has 2 N–H and O–H groups in total.